The number of hydrogen-bond donors (Lipinski definition) is 0. The number of benzene rings is 1. The zero-order valence-electron chi connectivity index (χ0n) is 12.5. The van der Waals surface area contributed by atoms with Gasteiger partial charge >= 0.3 is 88.7 Å². The number of aryl methyl sites for hydroxylation is 1. The molecule has 0 unspecified atom stereocenters. The number of hydrogen-bond acceptors (Lipinski definition) is 6. The van der Waals surface area contributed by atoms with E-state index in [1.54, 1.807) is 6.92 Å². The molecule has 0 bridgehead atoms. The Labute approximate surface area is 188 Å². The maximum Gasteiger partial charge on any atom is 1.00 e. The molecular formula is C12H9Na3O6. The quantitative estimate of drug-likeness (QED) is 0.497. The minimum Gasteiger partial charge on any atom is -0.545 e. The van der Waals surface area contributed by atoms with Crippen molar-refractivity contribution in [2.45, 2.75) is 19.8 Å². The van der Waals surface area contributed by atoms with E-state index < -0.39 is 34.6 Å². The van der Waals surface area contributed by atoms with E-state index in [1.807, 2.05) is 0 Å². The molecule has 0 aliphatic heterocycles. The van der Waals surface area contributed by atoms with Gasteiger partial charge in [0.25, 0.3) is 0 Å². The average Bonchev–Trinajstić information content (AvgIpc) is 2.27. The van der Waals surface area contributed by atoms with E-state index in [2.05, 4.69) is 0 Å². The Morgan fingerprint density at radius 2 is 1.33 bits per heavy atom. The van der Waals surface area contributed by atoms with Gasteiger partial charge < -0.3 is 29.7 Å². The van der Waals surface area contributed by atoms with E-state index in [9.17, 15) is 29.7 Å². The van der Waals surface area contributed by atoms with Crippen molar-refractivity contribution in [3.8, 4) is 0 Å². The summed E-state index contributed by atoms with van der Waals surface area (Å²) in [5, 5.41) is 32.7. The smallest absolute Gasteiger partial charge is 0.545 e. The second-order valence-corrected chi connectivity index (χ2v) is 3.63. The molecule has 0 N–H and O–H groups in total. The van der Waals surface area contributed by atoms with Crippen LogP contribution >= 0.6 is 0 Å². The van der Waals surface area contributed by atoms with Crippen LogP contribution in [0.15, 0.2) is 12.1 Å². The summed E-state index contributed by atoms with van der Waals surface area (Å²) >= 11 is 0. The molecule has 6 nitrogen and oxygen atoms in total. The molecular weight excluding hydrogens is 309 g/mol. The molecule has 0 amide bonds. The van der Waals surface area contributed by atoms with Crippen LogP contribution in [0, 0.1) is 0 Å². The average molecular weight is 318 g/mol. The largest absolute Gasteiger partial charge is 1.00 e. The molecule has 0 heterocycles. The second-order valence-electron chi connectivity index (χ2n) is 3.63. The molecule has 0 aliphatic rings. The summed E-state index contributed by atoms with van der Waals surface area (Å²) < 4.78 is 0. The van der Waals surface area contributed by atoms with Crippen LogP contribution in [-0.4, -0.2) is 17.9 Å². The molecule has 0 saturated carbocycles. The Morgan fingerprint density at radius 1 is 0.857 bits per heavy atom. The first-order valence-electron chi connectivity index (χ1n) is 5.20. The molecule has 0 radical (unpaired) electrons. The molecule has 0 saturated heterocycles. The van der Waals surface area contributed by atoms with Gasteiger partial charge in [0.05, 0.1) is 17.9 Å². The molecule has 0 fully saturated rings. The zero-order chi connectivity index (χ0) is 13.9. The normalized spacial score (nSPS) is 8.62. The Kier molecular flexibility index (Phi) is 15.3. The van der Waals surface area contributed by atoms with Crippen molar-refractivity contribution in [2.24, 2.45) is 0 Å². The molecule has 0 aromatic heterocycles. The predicted octanol–water partition coefficient (Wildman–Crippen LogP) is -11.3. The Morgan fingerprint density at radius 3 is 1.67 bits per heavy atom. The van der Waals surface area contributed by atoms with Gasteiger partial charge in [-0.1, -0.05) is 25.5 Å². The third kappa shape index (κ3) is 6.72. The molecule has 96 valence electrons. The summed E-state index contributed by atoms with van der Waals surface area (Å²) in [6, 6.07) is 2.24. The first-order valence-corrected chi connectivity index (χ1v) is 5.20. The van der Waals surface area contributed by atoms with Gasteiger partial charge in [-0.2, -0.15) is 0 Å². The van der Waals surface area contributed by atoms with Gasteiger partial charge in [-0.05, 0) is 12.0 Å². The third-order valence-electron chi connectivity index (χ3n) is 2.44. The number of carboxylic acids is 3. The SMILES string of the molecule is CCCc1ccc(C(=O)[O-])c(C(=O)[O-])c1C(=O)[O-].[Na+].[Na+].[Na+]. The van der Waals surface area contributed by atoms with E-state index >= 15 is 0 Å². The summed E-state index contributed by atoms with van der Waals surface area (Å²) in [7, 11) is 0. The van der Waals surface area contributed by atoms with Crippen molar-refractivity contribution in [3.63, 3.8) is 0 Å². The summed E-state index contributed by atoms with van der Waals surface area (Å²) in [5.74, 6) is -5.41. The van der Waals surface area contributed by atoms with E-state index in [0.29, 0.717) is 6.42 Å². The van der Waals surface area contributed by atoms with Crippen LogP contribution in [0.25, 0.3) is 0 Å². The molecule has 0 aliphatic carbocycles. The van der Waals surface area contributed by atoms with E-state index in [4.69, 9.17) is 0 Å². The first kappa shape index (κ1) is 26.5. The van der Waals surface area contributed by atoms with Crippen LogP contribution in [0.3, 0.4) is 0 Å². The van der Waals surface area contributed by atoms with Crippen LogP contribution in [-0.2, 0) is 6.42 Å². The number of carbonyl (C=O) groups is 3. The van der Waals surface area contributed by atoms with Crippen LogP contribution in [0.2, 0.25) is 0 Å². The van der Waals surface area contributed by atoms with Crippen molar-refractivity contribution >= 4 is 17.9 Å². The number of carbonyl (C=O) groups excluding carboxylic acids is 3. The molecule has 0 atom stereocenters. The molecule has 1 aromatic carbocycles. The Hall–Kier alpha value is 0.630. The number of rotatable bonds is 5. The van der Waals surface area contributed by atoms with Crippen LogP contribution in [0.1, 0.15) is 50.0 Å². The fourth-order valence-electron chi connectivity index (χ4n) is 1.74. The second kappa shape index (κ2) is 12.1. The Balaban J connectivity index is -0.00000108. The topological polar surface area (TPSA) is 120 Å². The summed E-state index contributed by atoms with van der Waals surface area (Å²) in [6.45, 7) is 1.77. The Bertz CT molecular complexity index is 530. The van der Waals surface area contributed by atoms with E-state index in [1.165, 1.54) is 6.07 Å². The fourth-order valence-corrected chi connectivity index (χ4v) is 1.74. The van der Waals surface area contributed by atoms with Gasteiger partial charge in [0.15, 0.2) is 0 Å². The van der Waals surface area contributed by atoms with E-state index in [-0.39, 0.29) is 101 Å². The van der Waals surface area contributed by atoms with Crippen molar-refractivity contribution in [3.05, 3.63) is 34.4 Å². The molecule has 1 rings (SSSR count). The molecule has 9 heteroatoms. The third-order valence-corrected chi connectivity index (χ3v) is 2.44. The minimum absolute atomic E-state index is 0. The van der Waals surface area contributed by atoms with Crippen molar-refractivity contribution < 1.29 is 118 Å². The minimum atomic E-state index is -1.88. The first-order chi connectivity index (χ1) is 8.40. The van der Waals surface area contributed by atoms with Gasteiger partial charge in [0.2, 0.25) is 0 Å². The molecule has 1 aromatic rings. The van der Waals surface area contributed by atoms with Crippen LogP contribution in [0.4, 0.5) is 0 Å². The summed E-state index contributed by atoms with van der Waals surface area (Å²) in [4.78, 5) is 32.7. The molecule has 0 spiro atoms. The van der Waals surface area contributed by atoms with Crippen molar-refractivity contribution in [1.29, 1.82) is 0 Å². The molecule has 21 heavy (non-hydrogen) atoms. The van der Waals surface area contributed by atoms with Gasteiger partial charge in [-0.25, -0.2) is 0 Å². The van der Waals surface area contributed by atoms with Crippen LogP contribution in [0.5, 0.6) is 0 Å². The van der Waals surface area contributed by atoms with Gasteiger partial charge in [0, 0.05) is 16.7 Å². The standard InChI is InChI=1S/C12H12O6.3Na/c1-2-3-6-4-5-7(10(13)14)9(12(17)18)8(6)11(15)16;;;/h4-5H,2-3H2,1H3,(H,13,14)(H,15,16)(H,17,18);;;/q;3*+1/p-3. The summed E-state index contributed by atoms with van der Waals surface area (Å²) in [5.41, 5.74) is -2.09. The maximum absolute atomic E-state index is 11.0. The van der Waals surface area contributed by atoms with Gasteiger partial charge in [-0.3, -0.25) is 0 Å². The van der Waals surface area contributed by atoms with Gasteiger partial charge in [0.1, 0.15) is 0 Å². The zero-order valence-corrected chi connectivity index (χ0v) is 18.5. The summed E-state index contributed by atoms with van der Waals surface area (Å²) in [6.07, 6.45) is 0.856. The van der Waals surface area contributed by atoms with E-state index in [0.717, 1.165) is 6.07 Å². The van der Waals surface area contributed by atoms with Crippen molar-refractivity contribution in [1.82, 2.24) is 0 Å². The van der Waals surface area contributed by atoms with Gasteiger partial charge in [-0.15, -0.1) is 0 Å². The monoisotopic (exact) mass is 318 g/mol. The number of aromatic carboxylic acids is 3. The van der Waals surface area contributed by atoms with Crippen molar-refractivity contribution in [2.75, 3.05) is 0 Å². The number of carboxylic acid groups (broad SMARTS) is 3. The fraction of sp³-hybridized carbons (Fsp3) is 0.250. The predicted molar refractivity (Wildman–Crippen MR) is 53.4 cm³/mol. The maximum atomic E-state index is 11.0. The van der Waals surface area contributed by atoms with Crippen LogP contribution < -0.4 is 104 Å².